The van der Waals surface area contributed by atoms with E-state index < -0.39 is 0 Å². The lowest BCUT2D eigenvalue weighted by atomic mass is 9.87. The summed E-state index contributed by atoms with van der Waals surface area (Å²) in [6.45, 7) is 2.10. The molecule has 76 valence electrons. The summed E-state index contributed by atoms with van der Waals surface area (Å²) >= 11 is 6.44. The molecule has 1 fully saturated rings. The molecule has 2 atom stereocenters. The zero-order chi connectivity index (χ0) is 9.71. The van der Waals surface area contributed by atoms with E-state index in [1.165, 1.54) is 35.8 Å². The smallest absolute Gasteiger partial charge is 0.00757 e. The fourth-order valence-corrected chi connectivity index (χ4v) is 4.44. The molecule has 0 spiro atoms. The lowest BCUT2D eigenvalue weighted by Crippen LogP contribution is -2.02. The molecular weight excluding hydrogens is 208 g/mol. The van der Waals surface area contributed by atoms with Gasteiger partial charge in [-0.15, -0.1) is 17.4 Å². The first-order chi connectivity index (χ1) is 6.75. The van der Waals surface area contributed by atoms with Gasteiger partial charge >= 0.3 is 0 Å². The maximum atomic E-state index is 4.44. The molecule has 1 saturated carbocycles. The molecule has 0 saturated heterocycles. The summed E-state index contributed by atoms with van der Waals surface area (Å²) in [5.74, 6) is 1.79. The summed E-state index contributed by atoms with van der Waals surface area (Å²) < 4.78 is 0. The Morgan fingerprint density at radius 1 is 1.43 bits per heavy atom. The summed E-state index contributed by atoms with van der Waals surface area (Å²) in [5, 5.41) is 1.18. The van der Waals surface area contributed by atoms with Crippen molar-refractivity contribution in [1.82, 2.24) is 0 Å². The van der Waals surface area contributed by atoms with Crippen LogP contribution in [0.15, 0.2) is 6.07 Å². The van der Waals surface area contributed by atoms with Crippen molar-refractivity contribution in [2.45, 2.75) is 44.4 Å². The first kappa shape index (κ1) is 9.17. The SMILES string of the molecule is C[C-](S)c1cc2c(s1)C1CCCC2C1. The number of thiol groups is 1. The van der Waals surface area contributed by atoms with Crippen LogP contribution < -0.4 is 0 Å². The van der Waals surface area contributed by atoms with Crippen LogP contribution in [-0.2, 0) is 0 Å². The lowest BCUT2D eigenvalue weighted by Gasteiger charge is -2.21. The van der Waals surface area contributed by atoms with Crippen molar-refractivity contribution in [3.63, 3.8) is 0 Å². The Bertz CT molecular complexity index is 324. The van der Waals surface area contributed by atoms with Crippen molar-refractivity contribution < 1.29 is 0 Å². The van der Waals surface area contributed by atoms with E-state index in [1.54, 1.807) is 10.4 Å². The third-order valence-corrected chi connectivity index (χ3v) is 5.46. The molecule has 1 aromatic heterocycles. The van der Waals surface area contributed by atoms with Crippen LogP contribution in [0.2, 0.25) is 0 Å². The summed E-state index contributed by atoms with van der Waals surface area (Å²) in [6.07, 6.45) is 5.73. The Labute approximate surface area is 95.1 Å². The first-order valence-electron chi connectivity index (χ1n) is 5.42. The molecule has 2 unspecified atom stereocenters. The van der Waals surface area contributed by atoms with E-state index in [0.29, 0.717) is 0 Å². The molecule has 0 nitrogen and oxygen atoms in total. The van der Waals surface area contributed by atoms with Crippen LogP contribution in [0.5, 0.6) is 0 Å². The molecule has 1 aromatic rings. The fraction of sp³-hybridized carbons (Fsp3) is 0.583. The van der Waals surface area contributed by atoms with Crippen LogP contribution in [0.3, 0.4) is 0 Å². The minimum absolute atomic E-state index is 0.890. The van der Waals surface area contributed by atoms with Crippen molar-refractivity contribution >= 4 is 24.0 Å². The predicted molar refractivity (Wildman–Crippen MR) is 65.3 cm³/mol. The largest absolute Gasteiger partial charge is 0.249 e. The molecule has 2 aliphatic carbocycles. The minimum atomic E-state index is 0.890. The van der Waals surface area contributed by atoms with Crippen LogP contribution >= 0.6 is 24.0 Å². The number of rotatable bonds is 1. The van der Waals surface area contributed by atoms with Crippen molar-refractivity contribution in [2.24, 2.45) is 0 Å². The van der Waals surface area contributed by atoms with Gasteiger partial charge in [-0.05, 0) is 36.0 Å². The van der Waals surface area contributed by atoms with Crippen LogP contribution in [0.1, 0.15) is 59.8 Å². The Kier molecular flexibility index (Phi) is 2.10. The van der Waals surface area contributed by atoms with Gasteiger partial charge in [-0.3, -0.25) is 0 Å². The van der Waals surface area contributed by atoms with E-state index in [4.69, 9.17) is 0 Å². The summed E-state index contributed by atoms with van der Waals surface area (Å²) in [7, 11) is 0. The van der Waals surface area contributed by atoms with Gasteiger partial charge in [0.2, 0.25) is 0 Å². The van der Waals surface area contributed by atoms with Crippen LogP contribution in [0.25, 0.3) is 0 Å². The van der Waals surface area contributed by atoms with E-state index in [9.17, 15) is 0 Å². The monoisotopic (exact) mass is 223 g/mol. The average Bonchev–Trinajstić information content (AvgIpc) is 2.69. The first-order valence-corrected chi connectivity index (χ1v) is 6.68. The molecule has 1 heterocycles. The van der Waals surface area contributed by atoms with E-state index in [1.807, 2.05) is 11.3 Å². The number of hydrogen-bond donors (Lipinski definition) is 1. The van der Waals surface area contributed by atoms with Gasteiger partial charge < -0.3 is 0 Å². The minimum Gasteiger partial charge on any atom is -0.249 e. The molecule has 0 aromatic carbocycles. The maximum Gasteiger partial charge on any atom is -0.00757 e. The summed E-state index contributed by atoms with van der Waals surface area (Å²) in [6, 6.07) is 2.40. The highest BCUT2D eigenvalue weighted by Gasteiger charge is 2.33. The van der Waals surface area contributed by atoms with Gasteiger partial charge in [0, 0.05) is 0 Å². The lowest BCUT2D eigenvalue weighted by molar-refractivity contribution is 0.436. The van der Waals surface area contributed by atoms with Gasteiger partial charge in [-0.1, -0.05) is 6.42 Å². The van der Waals surface area contributed by atoms with Gasteiger partial charge in [0.05, 0.1) is 0 Å². The van der Waals surface area contributed by atoms with Crippen molar-refractivity contribution in [2.75, 3.05) is 0 Å². The Morgan fingerprint density at radius 3 is 3.00 bits per heavy atom. The Hall–Kier alpha value is -0.0800. The summed E-state index contributed by atoms with van der Waals surface area (Å²) in [5.41, 5.74) is 1.67. The summed E-state index contributed by atoms with van der Waals surface area (Å²) in [4.78, 5) is 3.09. The second-order valence-electron chi connectivity index (χ2n) is 4.58. The molecule has 0 aliphatic heterocycles. The zero-order valence-electron chi connectivity index (χ0n) is 8.42. The molecule has 0 radical (unpaired) electrons. The van der Waals surface area contributed by atoms with E-state index in [-0.39, 0.29) is 0 Å². The van der Waals surface area contributed by atoms with Gasteiger partial charge in [-0.2, -0.15) is 22.7 Å². The Balaban J connectivity index is 2.03. The molecule has 2 heteroatoms. The van der Waals surface area contributed by atoms with Crippen molar-refractivity contribution in [1.29, 1.82) is 0 Å². The van der Waals surface area contributed by atoms with Gasteiger partial charge in [-0.25, -0.2) is 12.6 Å². The van der Waals surface area contributed by atoms with Crippen LogP contribution in [-0.4, -0.2) is 0 Å². The second kappa shape index (κ2) is 3.21. The highest BCUT2D eigenvalue weighted by Crippen LogP contribution is 2.54. The van der Waals surface area contributed by atoms with Gasteiger partial charge in [0.1, 0.15) is 0 Å². The van der Waals surface area contributed by atoms with E-state index in [0.717, 1.165) is 11.8 Å². The molecule has 0 N–H and O–H groups in total. The zero-order valence-corrected chi connectivity index (χ0v) is 10.1. The number of fused-ring (bicyclic) bond motifs is 5. The highest BCUT2D eigenvalue weighted by atomic mass is 32.1. The topological polar surface area (TPSA) is 0 Å². The van der Waals surface area contributed by atoms with Crippen molar-refractivity contribution in [3.05, 3.63) is 26.6 Å². The van der Waals surface area contributed by atoms with Crippen molar-refractivity contribution in [3.8, 4) is 0 Å². The molecule has 2 aliphatic rings. The number of thiophene rings is 1. The predicted octanol–water partition coefficient (Wildman–Crippen LogP) is 4.33. The molecule has 0 amide bonds. The molecular formula is C12H15S2-. The average molecular weight is 223 g/mol. The second-order valence-corrected chi connectivity index (χ2v) is 6.33. The quantitative estimate of drug-likeness (QED) is 0.531. The van der Waals surface area contributed by atoms with Crippen LogP contribution in [0.4, 0.5) is 0 Å². The van der Waals surface area contributed by atoms with E-state index >= 15 is 0 Å². The fourth-order valence-electron chi connectivity index (χ4n) is 2.95. The third-order valence-electron chi connectivity index (χ3n) is 3.63. The molecule has 3 rings (SSSR count). The maximum absolute atomic E-state index is 4.44. The number of hydrogen-bond acceptors (Lipinski definition) is 2. The highest BCUT2D eigenvalue weighted by molar-refractivity contribution is 7.83. The third kappa shape index (κ3) is 1.24. The normalized spacial score (nSPS) is 29.0. The van der Waals surface area contributed by atoms with E-state index in [2.05, 4.69) is 25.6 Å². The van der Waals surface area contributed by atoms with Crippen LogP contribution in [0, 0.1) is 5.25 Å². The standard InChI is InChI=1S/C12H15S2/c1-7(13)11-6-10-8-3-2-4-9(5-8)12(10)14-11/h6,8-9,13H,2-5H2,1H3/q-1. The molecule has 14 heavy (non-hydrogen) atoms. The van der Waals surface area contributed by atoms with Gasteiger partial charge in [0.15, 0.2) is 0 Å². The molecule has 2 bridgehead atoms. The van der Waals surface area contributed by atoms with Gasteiger partial charge in [0.25, 0.3) is 0 Å². The Morgan fingerprint density at radius 2 is 2.21 bits per heavy atom.